The van der Waals surface area contributed by atoms with E-state index in [1.54, 1.807) is 17.0 Å². The van der Waals surface area contributed by atoms with E-state index in [9.17, 15) is 9.59 Å². The minimum absolute atomic E-state index is 0.133. The zero-order valence-electron chi connectivity index (χ0n) is 14.6. The van der Waals surface area contributed by atoms with Crippen LogP contribution in [0.3, 0.4) is 0 Å². The highest BCUT2D eigenvalue weighted by Gasteiger charge is 2.35. The van der Waals surface area contributed by atoms with Gasteiger partial charge in [0.05, 0.1) is 5.69 Å². The highest BCUT2D eigenvalue weighted by molar-refractivity contribution is 6.36. The fraction of sp³-hybridized carbons (Fsp3) is 0.0435. The number of rotatable bonds is 4. The van der Waals surface area contributed by atoms with Crippen LogP contribution < -0.4 is 10.2 Å². The van der Waals surface area contributed by atoms with Gasteiger partial charge in [-0.25, -0.2) is 0 Å². The number of hydrogen-bond donors (Lipinski definition) is 1. The highest BCUT2D eigenvalue weighted by atomic mass is 16.2. The molecule has 4 heteroatoms. The highest BCUT2D eigenvalue weighted by Crippen LogP contribution is 2.35. The summed E-state index contributed by atoms with van der Waals surface area (Å²) >= 11 is 0. The number of fused-ring (bicyclic) bond motifs is 1. The zero-order valence-corrected chi connectivity index (χ0v) is 14.6. The number of ketones is 1. The van der Waals surface area contributed by atoms with E-state index in [1.165, 1.54) is 6.20 Å². The van der Waals surface area contributed by atoms with E-state index in [0.717, 1.165) is 11.3 Å². The van der Waals surface area contributed by atoms with Crippen molar-refractivity contribution in [1.82, 2.24) is 5.32 Å². The molecule has 0 atom stereocenters. The van der Waals surface area contributed by atoms with Crippen LogP contribution in [0.2, 0.25) is 0 Å². The van der Waals surface area contributed by atoms with E-state index < -0.39 is 0 Å². The molecule has 27 heavy (non-hydrogen) atoms. The molecular formula is C23H18N2O2. The van der Waals surface area contributed by atoms with Gasteiger partial charge < -0.3 is 5.32 Å². The quantitative estimate of drug-likeness (QED) is 0.564. The molecule has 0 spiro atoms. The van der Waals surface area contributed by atoms with Crippen LogP contribution in [0.4, 0.5) is 11.4 Å². The van der Waals surface area contributed by atoms with Crippen molar-refractivity contribution in [2.75, 3.05) is 4.90 Å². The molecule has 1 amide bonds. The van der Waals surface area contributed by atoms with Crippen LogP contribution in [-0.4, -0.2) is 11.7 Å². The van der Waals surface area contributed by atoms with Gasteiger partial charge in [0.2, 0.25) is 5.78 Å². The lowest BCUT2D eigenvalue weighted by atomic mass is 9.95. The number of Topliss-reactive ketones (excluding diaryl/α,β-unsaturated/α-hetero) is 1. The van der Waals surface area contributed by atoms with Crippen LogP contribution in [0.15, 0.2) is 96.7 Å². The molecule has 1 N–H and O–H groups in total. The molecule has 1 aliphatic heterocycles. The van der Waals surface area contributed by atoms with E-state index in [1.807, 2.05) is 72.8 Å². The molecule has 0 aromatic heterocycles. The summed E-state index contributed by atoms with van der Waals surface area (Å²) < 4.78 is 0. The van der Waals surface area contributed by atoms with E-state index >= 15 is 0 Å². The van der Waals surface area contributed by atoms with Crippen LogP contribution in [0.25, 0.3) is 0 Å². The maximum Gasteiger partial charge on any atom is 0.268 e. The van der Waals surface area contributed by atoms with Crippen molar-refractivity contribution < 1.29 is 9.59 Å². The Morgan fingerprint density at radius 2 is 1.41 bits per heavy atom. The molecule has 0 aliphatic carbocycles. The number of nitrogens with zero attached hydrogens (tertiary/aromatic N) is 1. The Balaban J connectivity index is 1.70. The van der Waals surface area contributed by atoms with E-state index in [-0.39, 0.29) is 17.3 Å². The fourth-order valence-electron chi connectivity index (χ4n) is 3.16. The van der Waals surface area contributed by atoms with Crippen molar-refractivity contribution in [3.05, 3.63) is 108 Å². The average molecular weight is 354 g/mol. The molecular weight excluding hydrogens is 336 g/mol. The topological polar surface area (TPSA) is 49.4 Å². The number of hydrogen-bond acceptors (Lipinski definition) is 3. The number of carbonyl (C=O) groups excluding carboxylic acids is 2. The minimum atomic E-state index is -0.328. The Kier molecular flexibility index (Phi) is 4.54. The van der Waals surface area contributed by atoms with Crippen molar-refractivity contribution in [3.8, 4) is 0 Å². The van der Waals surface area contributed by atoms with Crippen LogP contribution in [0.1, 0.15) is 15.9 Å². The molecule has 4 nitrogen and oxygen atoms in total. The standard InChI is InChI=1S/C23H18N2O2/c26-22-19-13-7-8-14-21(19)25(18-11-5-2-6-12-18)23(27)20(22)16-24-15-17-9-3-1-4-10-17/h1-14,16,24H,15H2/b20-16+. The first-order valence-electron chi connectivity index (χ1n) is 8.76. The van der Waals surface area contributed by atoms with Gasteiger partial charge in [0.25, 0.3) is 5.91 Å². The number of para-hydroxylation sites is 2. The lowest BCUT2D eigenvalue weighted by Gasteiger charge is -2.30. The predicted molar refractivity (Wildman–Crippen MR) is 106 cm³/mol. The van der Waals surface area contributed by atoms with Gasteiger partial charge in [-0.3, -0.25) is 14.5 Å². The molecule has 0 radical (unpaired) electrons. The normalized spacial score (nSPS) is 15.0. The summed E-state index contributed by atoms with van der Waals surface area (Å²) in [5.41, 5.74) is 3.07. The summed E-state index contributed by atoms with van der Waals surface area (Å²) in [4.78, 5) is 27.6. The fourth-order valence-corrected chi connectivity index (χ4v) is 3.16. The molecule has 1 heterocycles. The van der Waals surface area contributed by atoms with E-state index in [2.05, 4.69) is 5.32 Å². The second-order valence-electron chi connectivity index (χ2n) is 6.25. The first-order chi connectivity index (χ1) is 13.3. The minimum Gasteiger partial charge on any atom is -0.386 e. The van der Waals surface area contributed by atoms with Gasteiger partial charge >= 0.3 is 0 Å². The van der Waals surface area contributed by atoms with Gasteiger partial charge in [-0.1, -0.05) is 60.7 Å². The summed E-state index contributed by atoms with van der Waals surface area (Å²) in [5, 5.41) is 3.10. The largest absolute Gasteiger partial charge is 0.386 e. The van der Waals surface area contributed by atoms with Gasteiger partial charge in [-0.05, 0) is 29.8 Å². The zero-order chi connectivity index (χ0) is 18.6. The maximum absolute atomic E-state index is 13.1. The molecule has 4 rings (SSSR count). The van der Waals surface area contributed by atoms with Crippen molar-refractivity contribution >= 4 is 23.1 Å². The Labute approximate surface area is 157 Å². The van der Waals surface area contributed by atoms with Gasteiger partial charge in [-0.15, -0.1) is 0 Å². The van der Waals surface area contributed by atoms with Crippen LogP contribution in [0, 0.1) is 0 Å². The van der Waals surface area contributed by atoms with Crippen molar-refractivity contribution in [3.63, 3.8) is 0 Å². The lowest BCUT2D eigenvalue weighted by Crippen LogP contribution is -2.37. The molecule has 0 saturated carbocycles. The van der Waals surface area contributed by atoms with Gasteiger partial charge in [0.15, 0.2) is 0 Å². The van der Waals surface area contributed by atoms with Crippen LogP contribution in [-0.2, 0) is 11.3 Å². The summed E-state index contributed by atoms with van der Waals surface area (Å²) in [6.45, 7) is 0.540. The maximum atomic E-state index is 13.1. The Morgan fingerprint density at radius 3 is 2.15 bits per heavy atom. The third-order valence-corrected chi connectivity index (χ3v) is 4.48. The Hall–Kier alpha value is -3.66. The first-order valence-corrected chi connectivity index (χ1v) is 8.76. The third kappa shape index (κ3) is 3.25. The molecule has 0 fully saturated rings. The smallest absolute Gasteiger partial charge is 0.268 e. The Morgan fingerprint density at radius 1 is 0.778 bits per heavy atom. The summed E-state index contributed by atoms with van der Waals surface area (Å²) in [7, 11) is 0. The first kappa shape index (κ1) is 16.8. The SMILES string of the molecule is O=C1/C(=C\NCc2ccccc2)C(=O)N(c2ccccc2)c2ccccc21. The number of amides is 1. The van der Waals surface area contributed by atoms with Crippen LogP contribution in [0.5, 0.6) is 0 Å². The third-order valence-electron chi connectivity index (χ3n) is 4.48. The number of nitrogens with one attached hydrogen (secondary N) is 1. The van der Waals surface area contributed by atoms with Crippen molar-refractivity contribution in [2.24, 2.45) is 0 Å². The summed E-state index contributed by atoms with van der Waals surface area (Å²) in [6.07, 6.45) is 1.53. The van der Waals surface area contributed by atoms with Gasteiger partial charge in [0.1, 0.15) is 5.57 Å². The number of carbonyl (C=O) groups is 2. The van der Waals surface area contributed by atoms with Crippen molar-refractivity contribution in [2.45, 2.75) is 6.54 Å². The van der Waals surface area contributed by atoms with Gasteiger partial charge in [0, 0.05) is 24.0 Å². The summed E-state index contributed by atoms with van der Waals surface area (Å²) in [6, 6.07) is 26.4. The molecule has 0 saturated heterocycles. The molecule has 0 bridgehead atoms. The summed E-state index contributed by atoms with van der Waals surface area (Å²) in [5.74, 6) is -0.589. The molecule has 3 aromatic rings. The lowest BCUT2D eigenvalue weighted by molar-refractivity contribution is -0.114. The monoisotopic (exact) mass is 354 g/mol. The molecule has 3 aromatic carbocycles. The molecule has 1 aliphatic rings. The number of anilines is 2. The number of benzene rings is 3. The van der Waals surface area contributed by atoms with Crippen LogP contribution >= 0.6 is 0 Å². The Bertz CT molecular complexity index is 1010. The molecule has 132 valence electrons. The second kappa shape index (κ2) is 7.30. The molecule has 0 unspecified atom stereocenters. The van der Waals surface area contributed by atoms with Crippen molar-refractivity contribution in [1.29, 1.82) is 0 Å². The van der Waals surface area contributed by atoms with E-state index in [0.29, 0.717) is 17.8 Å². The van der Waals surface area contributed by atoms with Gasteiger partial charge in [-0.2, -0.15) is 0 Å². The second-order valence-corrected chi connectivity index (χ2v) is 6.25. The average Bonchev–Trinajstić information content (AvgIpc) is 2.72. The predicted octanol–water partition coefficient (Wildman–Crippen LogP) is 4.22. The van der Waals surface area contributed by atoms with E-state index in [4.69, 9.17) is 0 Å².